The summed E-state index contributed by atoms with van der Waals surface area (Å²) in [6.45, 7) is 3.50. The first-order valence-electron chi connectivity index (χ1n) is 6.21. The summed E-state index contributed by atoms with van der Waals surface area (Å²) in [6.07, 6.45) is 1.08. The lowest BCUT2D eigenvalue weighted by molar-refractivity contribution is 0.0272. The quantitative estimate of drug-likeness (QED) is 0.788. The Balaban J connectivity index is 2.56. The first-order chi connectivity index (χ1) is 8.71. The molecular weight excluding hydrogens is 250 g/mol. The number of hydrogen-bond donors (Lipinski definition) is 1. The fourth-order valence-electron chi connectivity index (χ4n) is 1.89. The SMILES string of the molecule is CCC(NCC(COC)OC)c1cccc(Cl)c1. The normalized spacial score (nSPS) is 14.4. The molecule has 2 atom stereocenters. The molecule has 0 aliphatic carbocycles. The molecule has 2 unspecified atom stereocenters. The molecule has 1 aromatic carbocycles. The van der Waals surface area contributed by atoms with Crippen molar-refractivity contribution >= 4 is 11.6 Å². The second-order valence-electron chi connectivity index (χ2n) is 4.24. The van der Waals surface area contributed by atoms with Gasteiger partial charge in [-0.15, -0.1) is 0 Å². The molecule has 1 aromatic rings. The fraction of sp³-hybridized carbons (Fsp3) is 0.571. The van der Waals surface area contributed by atoms with Crippen molar-refractivity contribution in [3.8, 4) is 0 Å². The smallest absolute Gasteiger partial charge is 0.0928 e. The summed E-state index contributed by atoms with van der Waals surface area (Å²) in [6, 6.07) is 8.25. The van der Waals surface area contributed by atoms with Gasteiger partial charge in [-0.25, -0.2) is 0 Å². The van der Waals surface area contributed by atoms with Gasteiger partial charge in [0.1, 0.15) is 0 Å². The summed E-state index contributed by atoms with van der Waals surface area (Å²) in [5, 5.41) is 4.26. The molecule has 1 N–H and O–H groups in total. The average Bonchev–Trinajstić information content (AvgIpc) is 2.38. The third-order valence-electron chi connectivity index (χ3n) is 2.94. The largest absolute Gasteiger partial charge is 0.382 e. The Kier molecular flexibility index (Phi) is 7.28. The highest BCUT2D eigenvalue weighted by atomic mass is 35.5. The van der Waals surface area contributed by atoms with E-state index in [1.165, 1.54) is 5.56 Å². The molecule has 0 aromatic heterocycles. The Hall–Kier alpha value is -0.610. The second kappa shape index (κ2) is 8.48. The van der Waals surface area contributed by atoms with Crippen molar-refractivity contribution in [1.29, 1.82) is 0 Å². The van der Waals surface area contributed by atoms with E-state index in [-0.39, 0.29) is 6.10 Å². The van der Waals surface area contributed by atoms with Crippen LogP contribution in [0.4, 0.5) is 0 Å². The minimum Gasteiger partial charge on any atom is -0.382 e. The van der Waals surface area contributed by atoms with Crippen molar-refractivity contribution in [2.24, 2.45) is 0 Å². The van der Waals surface area contributed by atoms with E-state index in [1.807, 2.05) is 18.2 Å². The Morgan fingerprint density at radius 2 is 2.11 bits per heavy atom. The Labute approximate surface area is 114 Å². The van der Waals surface area contributed by atoms with Crippen molar-refractivity contribution in [3.63, 3.8) is 0 Å². The third kappa shape index (κ3) is 4.94. The molecule has 0 radical (unpaired) electrons. The number of rotatable bonds is 8. The number of ether oxygens (including phenoxy) is 2. The molecular formula is C14H22ClNO2. The van der Waals surface area contributed by atoms with Crippen LogP contribution in [0.25, 0.3) is 0 Å². The molecule has 0 bridgehead atoms. The molecule has 0 spiro atoms. The van der Waals surface area contributed by atoms with Crippen LogP contribution in [0.1, 0.15) is 24.9 Å². The Morgan fingerprint density at radius 3 is 2.67 bits per heavy atom. The second-order valence-corrected chi connectivity index (χ2v) is 4.67. The summed E-state index contributed by atoms with van der Waals surface area (Å²) >= 11 is 6.01. The van der Waals surface area contributed by atoms with Crippen molar-refractivity contribution in [1.82, 2.24) is 5.32 Å². The van der Waals surface area contributed by atoms with Gasteiger partial charge in [-0.2, -0.15) is 0 Å². The van der Waals surface area contributed by atoms with Crippen molar-refractivity contribution in [3.05, 3.63) is 34.9 Å². The minimum atomic E-state index is 0.0724. The van der Waals surface area contributed by atoms with Gasteiger partial charge in [-0.05, 0) is 24.1 Å². The minimum absolute atomic E-state index is 0.0724. The zero-order valence-electron chi connectivity index (χ0n) is 11.3. The van der Waals surface area contributed by atoms with Crippen LogP contribution >= 0.6 is 11.6 Å². The zero-order valence-corrected chi connectivity index (χ0v) is 12.0. The molecule has 0 aliphatic heterocycles. The van der Waals surface area contributed by atoms with Gasteiger partial charge in [0.25, 0.3) is 0 Å². The van der Waals surface area contributed by atoms with Gasteiger partial charge in [-0.1, -0.05) is 30.7 Å². The van der Waals surface area contributed by atoms with Crippen molar-refractivity contribution < 1.29 is 9.47 Å². The number of benzene rings is 1. The lowest BCUT2D eigenvalue weighted by Crippen LogP contribution is -2.34. The summed E-state index contributed by atoms with van der Waals surface area (Å²) in [4.78, 5) is 0. The van der Waals surface area contributed by atoms with Gasteiger partial charge in [0.15, 0.2) is 0 Å². The molecule has 3 nitrogen and oxygen atoms in total. The molecule has 0 aliphatic rings. The summed E-state index contributed by atoms with van der Waals surface area (Å²) in [5.74, 6) is 0. The number of halogens is 1. The van der Waals surface area contributed by atoms with Gasteiger partial charge in [0.2, 0.25) is 0 Å². The van der Waals surface area contributed by atoms with E-state index in [9.17, 15) is 0 Å². The molecule has 0 saturated heterocycles. The molecule has 1 rings (SSSR count). The van der Waals surface area contributed by atoms with Gasteiger partial charge >= 0.3 is 0 Å². The maximum absolute atomic E-state index is 6.01. The fourth-order valence-corrected chi connectivity index (χ4v) is 2.09. The molecule has 0 fully saturated rings. The van der Waals surface area contributed by atoms with E-state index in [2.05, 4.69) is 18.3 Å². The highest BCUT2D eigenvalue weighted by molar-refractivity contribution is 6.30. The molecule has 0 saturated carbocycles. The summed E-state index contributed by atoms with van der Waals surface area (Å²) in [7, 11) is 3.38. The number of methoxy groups -OCH3 is 2. The van der Waals surface area contributed by atoms with Crippen LogP contribution in [0.3, 0.4) is 0 Å². The number of hydrogen-bond acceptors (Lipinski definition) is 3. The van der Waals surface area contributed by atoms with Gasteiger partial charge in [0, 0.05) is 31.8 Å². The van der Waals surface area contributed by atoms with E-state index in [4.69, 9.17) is 21.1 Å². The van der Waals surface area contributed by atoms with Gasteiger partial charge in [0.05, 0.1) is 12.7 Å². The third-order valence-corrected chi connectivity index (χ3v) is 3.17. The van der Waals surface area contributed by atoms with Crippen LogP contribution in [0.2, 0.25) is 5.02 Å². The highest BCUT2D eigenvalue weighted by Crippen LogP contribution is 2.20. The predicted molar refractivity (Wildman–Crippen MR) is 75.2 cm³/mol. The first-order valence-corrected chi connectivity index (χ1v) is 6.59. The van der Waals surface area contributed by atoms with Crippen molar-refractivity contribution in [2.45, 2.75) is 25.5 Å². The maximum Gasteiger partial charge on any atom is 0.0928 e. The Bertz CT molecular complexity index is 346. The maximum atomic E-state index is 6.01. The van der Waals surface area contributed by atoms with Gasteiger partial charge < -0.3 is 14.8 Å². The van der Waals surface area contributed by atoms with Crippen LogP contribution in [-0.4, -0.2) is 33.5 Å². The Morgan fingerprint density at radius 1 is 1.33 bits per heavy atom. The van der Waals surface area contributed by atoms with Crippen LogP contribution in [0.5, 0.6) is 0 Å². The summed E-state index contributed by atoms with van der Waals surface area (Å²) in [5.41, 5.74) is 1.21. The monoisotopic (exact) mass is 271 g/mol. The lowest BCUT2D eigenvalue weighted by Gasteiger charge is -2.21. The average molecular weight is 272 g/mol. The predicted octanol–water partition coefficient (Wildman–Crippen LogP) is 3.04. The van der Waals surface area contributed by atoms with Crippen LogP contribution in [-0.2, 0) is 9.47 Å². The molecule has 102 valence electrons. The topological polar surface area (TPSA) is 30.5 Å². The molecule has 18 heavy (non-hydrogen) atoms. The molecule has 0 amide bonds. The van der Waals surface area contributed by atoms with E-state index in [0.29, 0.717) is 12.6 Å². The standard InChI is InChI=1S/C14H22ClNO2/c1-4-14(11-6-5-7-12(15)8-11)16-9-13(18-3)10-17-2/h5-8,13-14,16H,4,9-10H2,1-3H3. The first kappa shape index (κ1) is 15.4. The van der Waals surface area contributed by atoms with Gasteiger partial charge in [-0.3, -0.25) is 0 Å². The highest BCUT2D eigenvalue weighted by Gasteiger charge is 2.12. The van der Waals surface area contributed by atoms with E-state index < -0.39 is 0 Å². The van der Waals surface area contributed by atoms with E-state index >= 15 is 0 Å². The molecule has 0 heterocycles. The zero-order chi connectivity index (χ0) is 13.4. The van der Waals surface area contributed by atoms with Crippen LogP contribution in [0, 0.1) is 0 Å². The van der Waals surface area contributed by atoms with Crippen LogP contribution in [0.15, 0.2) is 24.3 Å². The van der Waals surface area contributed by atoms with Crippen molar-refractivity contribution in [2.75, 3.05) is 27.4 Å². The van der Waals surface area contributed by atoms with E-state index in [1.54, 1.807) is 14.2 Å². The lowest BCUT2D eigenvalue weighted by atomic mass is 10.0. The number of nitrogens with one attached hydrogen (secondary N) is 1. The molecule has 4 heteroatoms. The van der Waals surface area contributed by atoms with E-state index in [0.717, 1.165) is 18.0 Å². The van der Waals surface area contributed by atoms with Crippen LogP contribution < -0.4 is 5.32 Å². The summed E-state index contributed by atoms with van der Waals surface area (Å²) < 4.78 is 10.4.